The smallest absolute Gasteiger partial charge is 0.220 e. The minimum absolute atomic E-state index is 0.259. The van der Waals surface area contributed by atoms with Gasteiger partial charge >= 0.3 is 0 Å². The highest BCUT2D eigenvalue weighted by Gasteiger charge is 2.50. The van der Waals surface area contributed by atoms with Crippen LogP contribution in [0, 0.1) is 10.8 Å². The van der Waals surface area contributed by atoms with Crippen LogP contribution in [0.3, 0.4) is 0 Å². The zero-order valence-electron chi connectivity index (χ0n) is 8.65. The first-order valence-corrected chi connectivity index (χ1v) is 5.33. The minimum atomic E-state index is 0.259. The van der Waals surface area contributed by atoms with Crippen molar-refractivity contribution in [3.8, 4) is 0 Å². The molecular formula is C11H19NO. The predicted octanol–water partition coefficient (Wildman–Crippen LogP) is 2.09. The zero-order valence-corrected chi connectivity index (χ0v) is 8.65. The summed E-state index contributed by atoms with van der Waals surface area (Å²) in [6, 6.07) is 0. The molecule has 1 aliphatic heterocycles. The summed E-state index contributed by atoms with van der Waals surface area (Å²) in [6.07, 6.45) is 5.92. The second-order valence-corrected chi connectivity index (χ2v) is 5.32. The second-order valence-electron chi connectivity index (χ2n) is 5.32. The van der Waals surface area contributed by atoms with E-state index in [1.807, 2.05) is 0 Å². The van der Waals surface area contributed by atoms with E-state index in [0.29, 0.717) is 5.41 Å². The van der Waals surface area contributed by atoms with E-state index in [9.17, 15) is 4.79 Å². The van der Waals surface area contributed by atoms with Crippen LogP contribution >= 0.6 is 0 Å². The molecule has 0 aromatic heterocycles. The Bertz CT molecular complexity index is 234. The van der Waals surface area contributed by atoms with E-state index in [2.05, 4.69) is 19.2 Å². The first kappa shape index (κ1) is 9.04. The molecule has 1 spiro atoms. The van der Waals surface area contributed by atoms with Gasteiger partial charge < -0.3 is 5.32 Å². The van der Waals surface area contributed by atoms with Gasteiger partial charge in [0.25, 0.3) is 0 Å². The third-order valence-electron chi connectivity index (χ3n) is 4.27. The zero-order chi connectivity index (χ0) is 9.53. The van der Waals surface area contributed by atoms with Gasteiger partial charge in [-0.3, -0.25) is 4.79 Å². The summed E-state index contributed by atoms with van der Waals surface area (Å²) in [5.74, 6) is 0.259. The molecule has 1 amide bonds. The summed E-state index contributed by atoms with van der Waals surface area (Å²) in [6.45, 7) is 5.57. The molecule has 2 nitrogen and oxygen atoms in total. The molecule has 1 saturated heterocycles. The Morgan fingerprint density at radius 3 is 2.46 bits per heavy atom. The van der Waals surface area contributed by atoms with Gasteiger partial charge in [0.15, 0.2) is 0 Å². The Labute approximate surface area is 80.1 Å². The molecule has 2 aliphatic rings. The molecule has 0 aromatic rings. The molecule has 2 fully saturated rings. The second kappa shape index (κ2) is 2.73. The standard InChI is InChI=1S/C11H19NO/c1-10(2)5-3-4-6-11(10)7-9(13)12-8-11/h3-8H2,1-2H3,(H,12,13). The Balaban J connectivity index is 2.23. The van der Waals surface area contributed by atoms with Gasteiger partial charge in [0.05, 0.1) is 0 Å². The molecule has 1 N–H and O–H groups in total. The van der Waals surface area contributed by atoms with Gasteiger partial charge in [-0.2, -0.15) is 0 Å². The van der Waals surface area contributed by atoms with Crippen LogP contribution in [0.5, 0.6) is 0 Å². The summed E-state index contributed by atoms with van der Waals surface area (Å²) >= 11 is 0. The molecule has 74 valence electrons. The van der Waals surface area contributed by atoms with Crippen molar-refractivity contribution < 1.29 is 4.79 Å². The number of amides is 1. The summed E-state index contributed by atoms with van der Waals surface area (Å²) < 4.78 is 0. The molecule has 1 aliphatic carbocycles. The van der Waals surface area contributed by atoms with E-state index < -0.39 is 0 Å². The molecule has 1 heterocycles. The maximum Gasteiger partial charge on any atom is 0.220 e. The van der Waals surface area contributed by atoms with Crippen LogP contribution in [-0.4, -0.2) is 12.5 Å². The van der Waals surface area contributed by atoms with Crippen molar-refractivity contribution in [1.82, 2.24) is 5.32 Å². The van der Waals surface area contributed by atoms with Gasteiger partial charge in [0, 0.05) is 18.4 Å². The molecule has 1 atom stereocenters. The average Bonchev–Trinajstić information content (AvgIpc) is 2.41. The first-order valence-electron chi connectivity index (χ1n) is 5.33. The third-order valence-corrected chi connectivity index (χ3v) is 4.27. The fourth-order valence-electron chi connectivity index (χ4n) is 2.99. The number of carbonyl (C=O) groups excluding carboxylic acids is 1. The van der Waals surface area contributed by atoms with Crippen molar-refractivity contribution in [1.29, 1.82) is 0 Å². The Morgan fingerprint density at radius 1 is 1.23 bits per heavy atom. The largest absolute Gasteiger partial charge is 0.355 e. The highest BCUT2D eigenvalue weighted by molar-refractivity contribution is 5.79. The topological polar surface area (TPSA) is 29.1 Å². The summed E-state index contributed by atoms with van der Waals surface area (Å²) in [5, 5.41) is 3.00. The van der Waals surface area contributed by atoms with Crippen molar-refractivity contribution in [2.24, 2.45) is 10.8 Å². The molecular weight excluding hydrogens is 162 g/mol. The first-order chi connectivity index (χ1) is 6.06. The number of hydrogen-bond donors (Lipinski definition) is 1. The molecule has 1 unspecified atom stereocenters. The van der Waals surface area contributed by atoms with Gasteiger partial charge in [0.2, 0.25) is 5.91 Å². The van der Waals surface area contributed by atoms with E-state index in [1.54, 1.807) is 0 Å². The predicted molar refractivity (Wildman–Crippen MR) is 52.3 cm³/mol. The lowest BCUT2D eigenvalue weighted by molar-refractivity contribution is -0.120. The molecule has 0 radical (unpaired) electrons. The van der Waals surface area contributed by atoms with Crippen LogP contribution in [0.1, 0.15) is 46.0 Å². The highest BCUT2D eigenvalue weighted by atomic mass is 16.1. The number of carbonyl (C=O) groups is 1. The summed E-state index contributed by atoms with van der Waals surface area (Å²) in [5.41, 5.74) is 0.632. The third kappa shape index (κ3) is 1.27. The summed E-state index contributed by atoms with van der Waals surface area (Å²) in [4.78, 5) is 11.3. The Hall–Kier alpha value is -0.530. The van der Waals surface area contributed by atoms with E-state index >= 15 is 0 Å². The fraction of sp³-hybridized carbons (Fsp3) is 0.909. The van der Waals surface area contributed by atoms with Crippen LogP contribution in [-0.2, 0) is 4.79 Å². The molecule has 2 heteroatoms. The molecule has 2 rings (SSSR count). The van der Waals surface area contributed by atoms with Crippen molar-refractivity contribution in [3.05, 3.63) is 0 Å². The quantitative estimate of drug-likeness (QED) is 0.609. The van der Waals surface area contributed by atoms with Crippen molar-refractivity contribution in [2.75, 3.05) is 6.54 Å². The van der Waals surface area contributed by atoms with E-state index in [-0.39, 0.29) is 11.3 Å². The average molecular weight is 181 g/mol. The number of hydrogen-bond acceptors (Lipinski definition) is 1. The molecule has 1 saturated carbocycles. The van der Waals surface area contributed by atoms with E-state index in [0.717, 1.165) is 13.0 Å². The van der Waals surface area contributed by atoms with Crippen LogP contribution in [0.15, 0.2) is 0 Å². The van der Waals surface area contributed by atoms with Gasteiger partial charge in [-0.05, 0) is 18.3 Å². The van der Waals surface area contributed by atoms with Gasteiger partial charge in [-0.15, -0.1) is 0 Å². The van der Waals surface area contributed by atoms with Crippen molar-refractivity contribution >= 4 is 5.91 Å². The van der Waals surface area contributed by atoms with Crippen LogP contribution in [0.25, 0.3) is 0 Å². The van der Waals surface area contributed by atoms with E-state index in [4.69, 9.17) is 0 Å². The lowest BCUT2D eigenvalue weighted by Crippen LogP contribution is -2.42. The van der Waals surface area contributed by atoms with Gasteiger partial charge in [0.1, 0.15) is 0 Å². The maximum atomic E-state index is 11.3. The monoisotopic (exact) mass is 181 g/mol. The molecule has 13 heavy (non-hydrogen) atoms. The van der Waals surface area contributed by atoms with Crippen molar-refractivity contribution in [3.63, 3.8) is 0 Å². The van der Waals surface area contributed by atoms with Gasteiger partial charge in [-0.1, -0.05) is 26.7 Å². The Kier molecular flexibility index (Phi) is 1.90. The SMILES string of the molecule is CC1(C)CCCCC12CNC(=O)C2. The highest BCUT2D eigenvalue weighted by Crippen LogP contribution is 2.53. The molecule has 0 aromatic carbocycles. The normalized spacial score (nSPS) is 37.8. The number of nitrogens with one attached hydrogen (secondary N) is 1. The van der Waals surface area contributed by atoms with Gasteiger partial charge in [-0.25, -0.2) is 0 Å². The van der Waals surface area contributed by atoms with Crippen LogP contribution in [0.2, 0.25) is 0 Å². The lowest BCUT2D eigenvalue weighted by Gasteiger charge is -2.47. The molecule has 0 bridgehead atoms. The lowest BCUT2D eigenvalue weighted by atomic mass is 9.57. The fourth-order valence-corrected chi connectivity index (χ4v) is 2.99. The Morgan fingerprint density at radius 2 is 1.92 bits per heavy atom. The van der Waals surface area contributed by atoms with E-state index in [1.165, 1.54) is 25.7 Å². The summed E-state index contributed by atoms with van der Waals surface area (Å²) in [7, 11) is 0. The van der Waals surface area contributed by atoms with Crippen LogP contribution in [0.4, 0.5) is 0 Å². The maximum absolute atomic E-state index is 11.3. The number of rotatable bonds is 0. The van der Waals surface area contributed by atoms with Crippen molar-refractivity contribution in [2.45, 2.75) is 46.0 Å². The van der Waals surface area contributed by atoms with Crippen LogP contribution < -0.4 is 5.32 Å². The minimum Gasteiger partial charge on any atom is -0.355 e.